The topological polar surface area (TPSA) is 105 Å². The van der Waals surface area contributed by atoms with Crippen molar-refractivity contribution in [1.29, 1.82) is 0 Å². The van der Waals surface area contributed by atoms with Crippen LogP contribution in [0.1, 0.15) is 34.2 Å². The zero-order valence-corrected chi connectivity index (χ0v) is 24.1. The number of hydrogen-bond donors (Lipinski definition) is 1. The lowest BCUT2D eigenvalue weighted by Gasteiger charge is -2.11. The standard InChI is InChI=1S/C28H30N4O5S2/c1-6-32-23(14-37-22-12-7-17(2)13-18(22)3)30-31-28(32)39-16-24(33)29-26-25(27(34)36-5)21(15-38-26)19-8-10-20(35-4)11-9-19/h7-13,15H,6,14,16H2,1-5H3,(H,29,33). The number of thioether (sulfide) groups is 1. The summed E-state index contributed by atoms with van der Waals surface area (Å²) in [7, 11) is 2.91. The van der Waals surface area contributed by atoms with Crippen molar-refractivity contribution in [1.82, 2.24) is 14.8 Å². The highest BCUT2D eigenvalue weighted by Crippen LogP contribution is 2.37. The van der Waals surface area contributed by atoms with Crippen LogP contribution in [-0.4, -0.2) is 46.6 Å². The maximum atomic E-state index is 12.9. The summed E-state index contributed by atoms with van der Waals surface area (Å²) in [6.45, 7) is 6.93. The number of aryl methyl sites for hydroxylation is 2. The molecule has 0 saturated carbocycles. The van der Waals surface area contributed by atoms with E-state index in [2.05, 4.69) is 21.6 Å². The molecule has 1 N–H and O–H groups in total. The van der Waals surface area contributed by atoms with E-state index in [9.17, 15) is 9.59 Å². The summed E-state index contributed by atoms with van der Waals surface area (Å²) < 4.78 is 18.1. The molecule has 204 valence electrons. The van der Waals surface area contributed by atoms with Crippen molar-refractivity contribution in [3.63, 3.8) is 0 Å². The monoisotopic (exact) mass is 566 g/mol. The molecule has 0 aliphatic rings. The summed E-state index contributed by atoms with van der Waals surface area (Å²) >= 11 is 2.54. The molecule has 0 bridgehead atoms. The van der Waals surface area contributed by atoms with Crippen molar-refractivity contribution in [3.05, 3.63) is 70.4 Å². The lowest BCUT2D eigenvalue weighted by Crippen LogP contribution is -2.16. The lowest BCUT2D eigenvalue weighted by molar-refractivity contribution is -0.113. The van der Waals surface area contributed by atoms with Gasteiger partial charge in [-0.1, -0.05) is 41.6 Å². The fraction of sp³-hybridized carbons (Fsp3) is 0.286. The Morgan fingerprint density at radius 3 is 2.51 bits per heavy atom. The number of aromatic nitrogens is 3. The van der Waals surface area contributed by atoms with Gasteiger partial charge in [0.2, 0.25) is 5.91 Å². The Kier molecular flexibility index (Phi) is 9.26. The van der Waals surface area contributed by atoms with Gasteiger partial charge in [-0.3, -0.25) is 4.79 Å². The molecule has 39 heavy (non-hydrogen) atoms. The maximum absolute atomic E-state index is 12.9. The molecule has 0 radical (unpaired) electrons. The Balaban J connectivity index is 1.43. The molecule has 2 aromatic heterocycles. The number of esters is 1. The van der Waals surface area contributed by atoms with Gasteiger partial charge in [0.05, 0.1) is 20.0 Å². The maximum Gasteiger partial charge on any atom is 0.341 e. The number of nitrogens with one attached hydrogen (secondary N) is 1. The summed E-state index contributed by atoms with van der Waals surface area (Å²) in [4.78, 5) is 25.5. The minimum absolute atomic E-state index is 0.0897. The van der Waals surface area contributed by atoms with Crippen LogP contribution < -0.4 is 14.8 Å². The molecule has 9 nitrogen and oxygen atoms in total. The second-order valence-electron chi connectivity index (χ2n) is 8.61. The van der Waals surface area contributed by atoms with Crippen LogP contribution in [0, 0.1) is 13.8 Å². The van der Waals surface area contributed by atoms with Crippen molar-refractivity contribution in [2.45, 2.75) is 39.1 Å². The SMILES string of the molecule is CCn1c(COc2ccc(C)cc2C)nnc1SCC(=O)Nc1scc(-c2ccc(OC)cc2)c1C(=O)OC. The Bertz CT molecular complexity index is 1460. The molecule has 2 heterocycles. The summed E-state index contributed by atoms with van der Waals surface area (Å²) in [6, 6.07) is 13.4. The van der Waals surface area contributed by atoms with Crippen molar-refractivity contribution < 1.29 is 23.8 Å². The molecule has 4 rings (SSSR count). The number of carbonyl (C=O) groups excluding carboxylic acids is 2. The van der Waals surface area contributed by atoms with E-state index in [1.54, 1.807) is 7.11 Å². The van der Waals surface area contributed by atoms with Crippen LogP contribution in [-0.2, 0) is 22.7 Å². The molecule has 4 aromatic rings. The van der Waals surface area contributed by atoms with E-state index < -0.39 is 5.97 Å². The van der Waals surface area contributed by atoms with E-state index in [4.69, 9.17) is 14.2 Å². The quantitative estimate of drug-likeness (QED) is 0.181. The van der Waals surface area contributed by atoms with Crippen LogP contribution in [0.2, 0.25) is 0 Å². The minimum atomic E-state index is -0.524. The molecule has 11 heteroatoms. The largest absolute Gasteiger partial charge is 0.497 e. The second kappa shape index (κ2) is 12.8. The summed E-state index contributed by atoms with van der Waals surface area (Å²) in [5.41, 5.74) is 4.03. The number of ether oxygens (including phenoxy) is 3. The van der Waals surface area contributed by atoms with Gasteiger partial charge in [0.25, 0.3) is 0 Å². The van der Waals surface area contributed by atoms with E-state index in [1.165, 1.54) is 35.8 Å². The minimum Gasteiger partial charge on any atom is -0.497 e. The number of thiophene rings is 1. The highest BCUT2D eigenvalue weighted by atomic mass is 32.2. The van der Waals surface area contributed by atoms with Gasteiger partial charge < -0.3 is 24.1 Å². The predicted molar refractivity (Wildman–Crippen MR) is 153 cm³/mol. The van der Waals surface area contributed by atoms with E-state index >= 15 is 0 Å². The Morgan fingerprint density at radius 2 is 1.85 bits per heavy atom. The highest BCUT2D eigenvalue weighted by Gasteiger charge is 2.23. The lowest BCUT2D eigenvalue weighted by atomic mass is 10.0. The third kappa shape index (κ3) is 6.61. The van der Waals surface area contributed by atoms with Gasteiger partial charge in [0.1, 0.15) is 28.7 Å². The van der Waals surface area contributed by atoms with Gasteiger partial charge in [0, 0.05) is 17.5 Å². The molecular formula is C28H30N4O5S2. The number of carbonyl (C=O) groups is 2. The fourth-order valence-corrected chi connectivity index (χ4v) is 5.78. The van der Waals surface area contributed by atoms with Crippen molar-refractivity contribution in [3.8, 4) is 22.6 Å². The van der Waals surface area contributed by atoms with Crippen molar-refractivity contribution in [2.24, 2.45) is 0 Å². The number of benzene rings is 2. The molecule has 0 saturated heterocycles. The van der Waals surface area contributed by atoms with Gasteiger partial charge in [-0.25, -0.2) is 4.79 Å². The Hall–Kier alpha value is -3.83. The highest BCUT2D eigenvalue weighted by molar-refractivity contribution is 7.99. The van der Waals surface area contributed by atoms with Gasteiger partial charge >= 0.3 is 5.97 Å². The van der Waals surface area contributed by atoms with Gasteiger partial charge in [-0.15, -0.1) is 21.5 Å². The zero-order valence-electron chi connectivity index (χ0n) is 22.4. The van der Waals surface area contributed by atoms with E-state index in [0.717, 1.165) is 16.9 Å². The molecule has 0 aliphatic heterocycles. The molecule has 2 aromatic carbocycles. The normalized spacial score (nSPS) is 10.8. The average Bonchev–Trinajstić information content (AvgIpc) is 3.54. The van der Waals surface area contributed by atoms with E-state index in [0.29, 0.717) is 39.4 Å². The third-order valence-corrected chi connectivity index (χ3v) is 7.83. The van der Waals surface area contributed by atoms with Crippen LogP contribution in [0.4, 0.5) is 5.00 Å². The molecule has 0 unspecified atom stereocenters. The number of nitrogens with zero attached hydrogens (tertiary/aromatic N) is 3. The van der Waals surface area contributed by atoms with Crippen LogP contribution >= 0.6 is 23.1 Å². The zero-order chi connectivity index (χ0) is 27.9. The molecule has 0 spiro atoms. The number of methoxy groups -OCH3 is 2. The van der Waals surface area contributed by atoms with Crippen molar-refractivity contribution >= 4 is 40.0 Å². The summed E-state index contributed by atoms with van der Waals surface area (Å²) in [5.74, 6) is 1.48. The Morgan fingerprint density at radius 1 is 1.08 bits per heavy atom. The first kappa shape index (κ1) is 28.2. The summed E-state index contributed by atoms with van der Waals surface area (Å²) in [6.07, 6.45) is 0. The molecule has 0 fully saturated rings. The first-order valence-electron chi connectivity index (χ1n) is 12.2. The van der Waals surface area contributed by atoms with E-state index in [1.807, 2.05) is 67.1 Å². The van der Waals surface area contributed by atoms with Crippen molar-refractivity contribution in [2.75, 3.05) is 25.3 Å². The third-order valence-electron chi connectivity index (χ3n) is 5.96. The van der Waals surface area contributed by atoms with Gasteiger partial charge in [0.15, 0.2) is 11.0 Å². The predicted octanol–water partition coefficient (Wildman–Crippen LogP) is 5.75. The second-order valence-corrected chi connectivity index (χ2v) is 10.4. The van der Waals surface area contributed by atoms with Gasteiger partial charge in [-0.2, -0.15) is 0 Å². The molecular weight excluding hydrogens is 536 g/mol. The first-order valence-corrected chi connectivity index (χ1v) is 14.1. The number of amides is 1. The molecule has 0 aliphatic carbocycles. The van der Waals surface area contributed by atoms with Gasteiger partial charge in [-0.05, 0) is 50.1 Å². The summed E-state index contributed by atoms with van der Waals surface area (Å²) in [5, 5.41) is 14.3. The fourth-order valence-electron chi connectivity index (χ4n) is 3.98. The smallest absolute Gasteiger partial charge is 0.341 e. The Labute approximate surface area is 235 Å². The van der Waals surface area contributed by atoms with Crippen LogP contribution in [0.15, 0.2) is 53.0 Å². The van der Waals surface area contributed by atoms with Crippen LogP contribution in [0.25, 0.3) is 11.1 Å². The molecule has 0 atom stereocenters. The molecule has 1 amide bonds. The van der Waals surface area contributed by atoms with Crippen LogP contribution in [0.3, 0.4) is 0 Å². The van der Waals surface area contributed by atoms with E-state index in [-0.39, 0.29) is 18.3 Å². The average molecular weight is 567 g/mol. The number of anilines is 1. The number of rotatable bonds is 11. The first-order chi connectivity index (χ1) is 18.8. The van der Waals surface area contributed by atoms with Crippen LogP contribution in [0.5, 0.6) is 11.5 Å². The number of hydrogen-bond acceptors (Lipinski definition) is 9.